The van der Waals surface area contributed by atoms with Gasteiger partial charge in [-0.3, -0.25) is 0 Å². The van der Waals surface area contributed by atoms with Gasteiger partial charge in [-0.1, -0.05) is 25.5 Å². The Morgan fingerprint density at radius 3 is 2.18 bits per heavy atom. The van der Waals surface area contributed by atoms with Crippen LogP contribution in [0.4, 0.5) is 8.78 Å². The van der Waals surface area contributed by atoms with Crippen molar-refractivity contribution in [1.29, 1.82) is 0 Å². The number of hydrogen-bond donors (Lipinski definition) is 0. The van der Waals surface area contributed by atoms with Crippen molar-refractivity contribution in [1.82, 2.24) is 0 Å². The third kappa shape index (κ3) is 4.12. The van der Waals surface area contributed by atoms with Gasteiger partial charge in [0.1, 0.15) is 0 Å². The molecule has 0 aromatic rings. The van der Waals surface area contributed by atoms with Gasteiger partial charge in [0.05, 0.1) is 0 Å². The fraction of sp³-hybridized carbons (Fsp3) is 0.778. The summed E-state index contributed by atoms with van der Waals surface area (Å²) in [5, 5.41) is 0. The van der Waals surface area contributed by atoms with Crippen molar-refractivity contribution in [3.63, 3.8) is 0 Å². The monoisotopic (exact) mass is 162 g/mol. The maximum atomic E-state index is 12.7. The van der Waals surface area contributed by atoms with E-state index in [-0.39, 0.29) is 12.8 Å². The first-order chi connectivity index (χ1) is 5.05. The Morgan fingerprint density at radius 1 is 1.36 bits per heavy atom. The van der Waals surface area contributed by atoms with Crippen LogP contribution in [0.15, 0.2) is 11.6 Å². The van der Waals surface area contributed by atoms with Crippen molar-refractivity contribution < 1.29 is 8.78 Å². The Hall–Kier alpha value is -0.400. The Morgan fingerprint density at radius 2 is 1.91 bits per heavy atom. The highest BCUT2D eigenvalue weighted by molar-refractivity contribution is 5.02. The molecule has 2 heteroatoms. The van der Waals surface area contributed by atoms with E-state index in [0.29, 0.717) is 0 Å². The van der Waals surface area contributed by atoms with Crippen molar-refractivity contribution >= 4 is 0 Å². The largest absolute Gasteiger partial charge is 0.251 e. The molecule has 0 heterocycles. The molecule has 0 saturated carbocycles. The van der Waals surface area contributed by atoms with E-state index in [1.54, 1.807) is 6.08 Å². The predicted molar refractivity (Wildman–Crippen MR) is 43.9 cm³/mol. The molecule has 0 aromatic heterocycles. The molecule has 0 aliphatic rings. The van der Waals surface area contributed by atoms with Gasteiger partial charge in [0.2, 0.25) is 0 Å². The summed E-state index contributed by atoms with van der Waals surface area (Å²) in [5.74, 6) is -2.50. The average Bonchev–Trinajstić information content (AvgIpc) is 2.00. The second kappa shape index (κ2) is 4.47. The quantitative estimate of drug-likeness (QED) is 0.552. The number of alkyl halides is 2. The zero-order valence-corrected chi connectivity index (χ0v) is 7.45. The van der Waals surface area contributed by atoms with Crippen LogP contribution in [0.2, 0.25) is 0 Å². The van der Waals surface area contributed by atoms with E-state index in [9.17, 15) is 8.78 Å². The van der Waals surface area contributed by atoms with Gasteiger partial charge in [-0.2, -0.15) is 0 Å². The Bertz CT molecular complexity index is 136. The molecule has 0 amide bonds. The Balaban J connectivity index is 4.01. The highest BCUT2D eigenvalue weighted by Gasteiger charge is 2.26. The maximum absolute atomic E-state index is 12.7. The maximum Gasteiger partial charge on any atom is 0.251 e. The SMILES string of the molecule is C/C=C(/CC)CC(F)(F)CC. The van der Waals surface area contributed by atoms with Gasteiger partial charge < -0.3 is 0 Å². The Kier molecular flexibility index (Phi) is 4.31. The van der Waals surface area contributed by atoms with E-state index in [4.69, 9.17) is 0 Å². The van der Waals surface area contributed by atoms with E-state index < -0.39 is 5.92 Å². The predicted octanol–water partition coefficient (Wildman–Crippen LogP) is 3.78. The lowest BCUT2D eigenvalue weighted by Crippen LogP contribution is -2.14. The molecular formula is C9H16F2. The molecule has 0 atom stereocenters. The molecule has 0 saturated heterocycles. The minimum atomic E-state index is -2.50. The summed E-state index contributed by atoms with van der Waals surface area (Å²) in [5.41, 5.74) is 0.844. The summed E-state index contributed by atoms with van der Waals surface area (Å²) in [6.45, 7) is 5.23. The topological polar surface area (TPSA) is 0 Å². The van der Waals surface area contributed by atoms with E-state index in [1.165, 1.54) is 6.92 Å². The first kappa shape index (κ1) is 10.6. The average molecular weight is 162 g/mol. The van der Waals surface area contributed by atoms with Gasteiger partial charge in [-0.15, -0.1) is 0 Å². The van der Waals surface area contributed by atoms with Crippen LogP contribution in [0.5, 0.6) is 0 Å². The number of rotatable bonds is 4. The van der Waals surface area contributed by atoms with Crippen LogP contribution in [0, 0.1) is 0 Å². The summed E-state index contributed by atoms with van der Waals surface area (Å²) >= 11 is 0. The number of hydrogen-bond acceptors (Lipinski definition) is 0. The second-order valence-corrected chi connectivity index (χ2v) is 2.69. The molecule has 0 radical (unpaired) electrons. The van der Waals surface area contributed by atoms with E-state index in [0.717, 1.165) is 12.0 Å². The van der Waals surface area contributed by atoms with Crippen LogP contribution in [-0.4, -0.2) is 5.92 Å². The lowest BCUT2D eigenvalue weighted by atomic mass is 10.0. The number of halogens is 2. The van der Waals surface area contributed by atoms with Gasteiger partial charge >= 0.3 is 0 Å². The third-order valence-electron chi connectivity index (χ3n) is 1.87. The second-order valence-electron chi connectivity index (χ2n) is 2.69. The molecular weight excluding hydrogens is 146 g/mol. The van der Waals surface area contributed by atoms with Gasteiger partial charge in [0, 0.05) is 12.8 Å². The summed E-state index contributed by atoms with van der Waals surface area (Å²) in [4.78, 5) is 0. The van der Waals surface area contributed by atoms with E-state index in [1.807, 2.05) is 13.8 Å². The molecule has 0 unspecified atom stereocenters. The zero-order chi connectivity index (χ0) is 8.91. The number of allylic oxidation sites excluding steroid dienone is 2. The van der Waals surface area contributed by atoms with Crippen LogP contribution in [0.1, 0.15) is 40.0 Å². The molecule has 0 rings (SSSR count). The smallest absolute Gasteiger partial charge is 0.207 e. The van der Waals surface area contributed by atoms with Crippen molar-refractivity contribution in [3.05, 3.63) is 11.6 Å². The molecule has 0 bridgehead atoms. The van der Waals surface area contributed by atoms with E-state index in [2.05, 4.69) is 0 Å². The summed E-state index contributed by atoms with van der Waals surface area (Å²) < 4.78 is 25.5. The molecule has 66 valence electrons. The van der Waals surface area contributed by atoms with Crippen molar-refractivity contribution in [3.8, 4) is 0 Å². The van der Waals surface area contributed by atoms with Gasteiger partial charge in [0.25, 0.3) is 5.92 Å². The van der Waals surface area contributed by atoms with Gasteiger partial charge in [0.15, 0.2) is 0 Å². The standard InChI is InChI=1S/C9H16F2/c1-4-8(5-2)7-9(10,11)6-3/h4H,5-7H2,1-3H3/b8-4-. The molecule has 0 nitrogen and oxygen atoms in total. The molecule has 0 aliphatic carbocycles. The Labute approximate surface area is 67.3 Å². The molecule has 0 N–H and O–H groups in total. The van der Waals surface area contributed by atoms with Crippen LogP contribution in [0.25, 0.3) is 0 Å². The molecule has 0 fully saturated rings. The van der Waals surface area contributed by atoms with Gasteiger partial charge in [-0.25, -0.2) is 8.78 Å². The third-order valence-corrected chi connectivity index (χ3v) is 1.87. The first-order valence-corrected chi connectivity index (χ1v) is 4.07. The fourth-order valence-corrected chi connectivity index (χ4v) is 0.888. The highest BCUT2D eigenvalue weighted by atomic mass is 19.3. The van der Waals surface area contributed by atoms with Crippen LogP contribution >= 0.6 is 0 Å². The van der Waals surface area contributed by atoms with Crippen LogP contribution in [-0.2, 0) is 0 Å². The van der Waals surface area contributed by atoms with Crippen LogP contribution in [0.3, 0.4) is 0 Å². The van der Waals surface area contributed by atoms with E-state index >= 15 is 0 Å². The van der Waals surface area contributed by atoms with Gasteiger partial charge in [-0.05, 0) is 13.3 Å². The normalized spacial score (nSPS) is 13.7. The summed E-state index contributed by atoms with van der Waals surface area (Å²) in [6.07, 6.45) is 2.37. The lowest BCUT2D eigenvalue weighted by Gasteiger charge is -2.14. The van der Waals surface area contributed by atoms with Crippen molar-refractivity contribution in [2.75, 3.05) is 0 Å². The first-order valence-electron chi connectivity index (χ1n) is 4.07. The van der Waals surface area contributed by atoms with Crippen molar-refractivity contribution in [2.45, 2.75) is 46.0 Å². The molecule has 0 aliphatic heterocycles. The summed E-state index contributed by atoms with van der Waals surface area (Å²) in [6, 6.07) is 0. The summed E-state index contributed by atoms with van der Waals surface area (Å²) in [7, 11) is 0. The van der Waals surface area contributed by atoms with Crippen LogP contribution < -0.4 is 0 Å². The molecule has 0 spiro atoms. The molecule has 11 heavy (non-hydrogen) atoms. The molecule has 0 aromatic carbocycles. The minimum absolute atomic E-state index is 0.0651. The highest BCUT2D eigenvalue weighted by Crippen LogP contribution is 2.27. The zero-order valence-electron chi connectivity index (χ0n) is 7.45. The van der Waals surface area contributed by atoms with Crippen molar-refractivity contribution in [2.24, 2.45) is 0 Å². The lowest BCUT2D eigenvalue weighted by molar-refractivity contribution is -0.00274. The fourth-order valence-electron chi connectivity index (χ4n) is 0.888. The minimum Gasteiger partial charge on any atom is -0.207 e.